The number of benzene rings is 1. The Hall–Kier alpha value is -3.29. The molecule has 3 N–H and O–H groups in total. The molecule has 4 rings (SSSR count). The van der Waals surface area contributed by atoms with E-state index in [9.17, 15) is 4.79 Å². The second-order valence-corrected chi connectivity index (χ2v) is 5.90. The zero-order chi connectivity index (χ0) is 17.4. The van der Waals surface area contributed by atoms with E-state index in [-0.39, 0.29) is 17.5 Å². The van der Waals surface area contributed by atoms with Crippen molar-refractivity contribution in [3.05, 3.63) is 52.0 Å². The molecule has 8 nitrogen and oxygen atoms in total. The molecule has 8 heteroatoms. The molecule has 128 valence electrons. The van der Waals surface area contributed by atoms with E-state index in [0.29, 0.717) is 30.9 Å². The minimum absolute atomic E-state index is 0.136. The van der Waals surface area contributed by atoms with Crippen molar-refractivity contribution >= 4 is 17.0 Å². The monoisotopic (exact) mass is 339 g/mol. The van der Waals surface area contributed by atoms with Crippen molar-refractivity contribution in [1.29, 1.82) is 0 Å². The maximum absolute atomic E-state index is 12.3. The molecule has 1 aliphatic rings. The van der Waals surface area contributed by atoms with Crippen molar-refractivity contribution < 1.29 is 9.47 Å². The Morgan fingerprint density at radius 2 is 2.16 bits per heavy atom. The van der Waals surface area contributed by atoms with Gasteiger partial charge in [0.25, 0.3) is 0 Å². The fourth-order valence-corrected chi connectivity index (χ4v) is 2.68. The highest BCUT2D eigenvalue weighted by Crippen LogP contribution is 2.20. The second kappa shape index (κ2) is 5.97. The lowest BCUT2D eigenvalue weighted by Crippen LogP contribution is -2.18. The lowest BCUT2D eigenvalue weighted by atomic mass is 10.2. The number of imidazole rings is 1. The number of hydrogen-bond acceptors (Lipinski definition) is 6. The van der Waals surface area contributed by atoms with Crippen molar-refractivity contribution in [2.75, 3.05) is 18.9 Å². The van der Waals surface area contributed by atoms with Crippen LogP contribution in [0, 0.1) is 0 Å². The first-order valence-corrected chi connectivity index (χ1v) is 7.86. The van der Waals surface area contributed by atoms with Crippen LogP contribution in [0.4, 0.5) is 5.82 Å². The standard InChI is InChI=1S/C17H17N5O3/c1-10-5-6-24-12-4-2-3-11(7-12)8-22-15-13(19-17(22)23)14(18)20-16(21-15)25-9-10/h2-5,7H,6,8-9H2,1H3,(H,19,23)(H2,18,20,21). The third-order valence-corrected chi connectivity index (χ3v) is 3.98. The Labute approximate surface area is 142 Å². The first-order chi connectivity index (χ1) is 12.1. The molecule has 3 heterocycles. The van der Waals surface area contributed by atoms with Gasteiger partial charge in [0.15, 0.2) is 11.5 Å². The van der Waals surface area contributed by atoms with Gasteiger partial charge < -0.3 is 20.2 Å². The van der Waals surface area contributed by atoms with Crippen molar-refractivity contribution in [1.82, 2.24) is 19.5 Å². The smallest absolute Gasteiger partial charge is 0.328 e. The highest BCUT2D eigenvalue weighted by atomic mass is 16.5. The summed E-state index contributed by atoms with van der Waals surface area (Å²) >= 11 is 0. The number of ether oxygens (including phenoxy) is 2. The summed E-state index contributed by atoms with van der Waals surface area (Å²) in [4.78, 5) is 23.5. The number of rotatable bonds is 0. The number of aromatic amines is 1. The Morgan fingerprint density at radius 1 is 1.28 bits per heavy atom. The fourth-order valence-electron chi connectivity index (χ4n) is 2.68. The maximum atomic E-state index is 12.3. The molecule has 3 aromatic rings. The van der Waals surface area contributed by atoms with Crippen molar-refractivity contribution in [2.45, 2.75) is 13.5 Å². The van der Waals surface area contributed by atoms with Crippen LogP contribution < -0.4 is 20.9 Å². The van der Waals surface area contributed by atoms with Gasteiger partial charge in [0.1, 0.15) is 24.5 Å². The molecule has 0 aliphatic carbocycles. The number of H-pyrrole nitrogens is 1. The SMILES string of the molecule is CC1=CCOc2cccc(c2)Cn2c(=O)[nH]c3c(N)nc(nc32)OC1. The predicted molar refractivity (Wildman–Crippen MR) is 92.9 cm³/mol. The lowest BCUT2D eigenvalue weighted by molar-refractivity contribution is 0.320. The minimum atomic E-state index is -0.303. The summed E-state index contributed by atoms with van der Waals surface area (Å²) in [5, 5.41) is 0. The highest BCUT2D eigenvalue weighted by molar-refractivity contribution is 5.81. The van der Waals surface area contributed by atoms with E-state index in [1.165, 1.54) is 4.57 Å². The highest BCUT2D eigenvalue weighted by Gasteiger charge is 2.15. The van der Waals surface area contributed by atoms with Crippen molar-refractivity contribution in [3.8, 4) is 11.8 Å². The van der Waals surface area contributed by atoms with Gasteiger partial charge in [0.2, 0.25) is 0 Å². The van der Waals surface area contributed by atoms with Gasteiger partial charge in [0.05, 0.1) is 6.54 Å². The molecule has 0 spiro atoms. The third kappa shape index (κ3) is 2.93. The molecule has 4 bridgehead atoms. The Kier molecular flexibility index (Phi) is 3.64. The summed E-state index contributed by atoms with van der Waals surface area (Å²) in [6.07, 6.45) is 1.94. The van der Waals surface area contributed by atoms with Gasteiger partial charge >= 0.3 is 11.7 Å². The van der Waals surface area contributed by atoms with Crippen LogP contribution in [0.15, 0.2) is 40.7 Å². The number of anilines is 1. The van der Waals surface area contributed by atoms with E-state index in [4.69, 9.17) is 15.2 Å². The van der Waals surface area contributed by atoms with E-state index >= 15 is 0 Å². The molecule has 1 aliphatic heterocycles. The van der Waals surface area contributed by atoms with E-state index in [0.717, 1.165) is 16.9 Å². The van der Waals surface area contributed by atoms with Crippen LogP contribution in [0.1, 0.15) is 12.5 Å². The van der Waals surface area contributed by atoms with Gasteiger partial charge in [-0.2, -0.15) is 9.97 Å². The van der Waals surface area contributed by atoms with Gasteiger partial charge in [0, 0.05) is 0 Å². The van der Waals surface area contributed by atoms with Crippen LogP contribution >= 0.6 is 0 Å². The van der Waals surface area contributed by atoms with Gasteiger partial charge in [-0.05, 0) is 36.3 Å². The maximum Gasteiger partial charge on any atom is 0.328 e. The molecule has 0 atom stereocenters. The quantitative estimate of drug-likeness (QED) is 0.601. The van der Waals surface area contributed by atoms with Crippen LogP contribution in [0.25, 0.3) is 11.2 Å². The molecular weight excluding hydrogens is 322 g/mol. The minimum Gasteiger partial charge on any atom is -0.490 e. The first-order valence-electron chi connectivity index (χ1n) is 7.86. The molecular formula is C17H17N5O3. The first kappa shape index (κ1) is 15.3. The number of aromatic nitrogens is 4. The summed E-state index contributed by atoms with van der Waals surface area (Å²) in [5.74, 6) is 0.920. The summed E-state index contributed by atoms with van der Waals surface area (Å²) < 4.78 is 12.9. The number of fused-ring (bicyclic) bond motifs is 3. The number of nitrogens with zero attached hydrogens (tertiary/aromatic N) is 3. The largest absolute Gasteiger partial charge is 0.490 e. The number of nitrogens with one attached hydrogen (secondary N) is 1. The van der Waals surface area contributed by atoms with Crippen LogP contribution in [-0.4, -0.2) is 32.7 Å². The Morgan fingerprint density at radius 3 is 3.04 bits per heavy atom. The normalized spacial score (nSPS) is 14.5. The van der Waals surface area contributed by atoms with E-state index < -0.39 is 0 Å². The molecule has 2 aromatic heterocycles. The molecule has 25 heavy (non-hydrogen) atoms. The predicted octanol–water partition coefficient (Wildman–Crippen LogP) is 1.47. The Balaban J connectivity index is 1.90. The number of nitrogen functional groups attached to an aromatic ring is 1. The fraction of sp³-hybridized carbons (Fsp3) is 0.235. The van der Waals surface area contributed by atoms with Gasteiger partial charge in [-0.1, -0.05) is 12.1 Å². The number of nitrogens with two attached hydrogens (primary N) is 1. The molecule has 0 unspecified atom stereocenters. The van der Waals surface area contributed by atoms with Crippen LogP contribution in [-0.2, 0) is 6.54 Å². The summed E-state index contributed by atoms with van der Waals surface area (Å²) in [6.45, 7) is 3.00. The molecule has 0 saturated heterocycles. The summed E-state index contributed by atoms with van der Waals surface area (Å²) in [7, 11) is 0. The van der Waals surface area contributed by atoms with Crippen molar-refractivity contribution in [2.24, 2.45) is 0 Å². The topological polar surface area (TPSA) is 108 Å². The van der Waals surface area contributed by atoms with Gasteiger partial charge in [-0.3, -0.25) is 4.57 Å². The third-order valence-electron chi connectivity index (χ3n) is 3.98. The van der Waals surface area contributed by atoms with Gasteiger partial charge in [-0.15, -0.1) is 0 Å². The Bertz CT molecular complexity index is 1030. The average molecular weight is 339 g/mol. The van der Waals surface area contributed by atoms with E-state index in [2.05, 4.69) is 15.0 Å². The summed E-state index contributed by atoms with van der Waals surface area (Å²) in [5.41, 5.74) is 8.36. The van der Waals surface area contributed by atoms with Crippen LogP contribution in [0.3, 0.4) is 0 Å². The molecule has 0 fully saturated rings. The van der Waals surface area contributed by atoms with E-state index in [1.807, 2.05) is 37.3 Å². The zero-order valence-corrected chi connectivity index (χ0v) is 13.7. The second-order valence-electron chi connectivity index (χ2n) is 5.90. The molecule has 0 saturated carbocycles. The van der Waals surface area contributed by atoms with Crippen molar-refractivity contribution in [3.63, 3.8) is 0 Å². The zero-order valence-electron chi connectivity index (χ0n) is 13.7. The van der Waals surface area contributed by atoms with Crippen LogP contribution in [0.2, 0.25) is 0 Å². The molecule has 1 aromatic carbocycles. The summed E-state index contributed by atoms with van der Waals surface area (Å²) in [6, 6.07) is 7.74. The molecule has 0 radical (unpaired) electrons. The number of hydrogen-bond donors (Lipinski definition) is 2. The van der Waals surface area contributed by atoms with Crippen LogP contribution in [0.5, 0.6) is 11.8 Å². The lowest BCUT2D eigenvalue weighted by Gasteiger charge is -2.10. The van der Waals surface area contributed by atoms with E-state index in [1.54, 1.807) is 0 Å². The molecule has 0 amide bonds. The van der Waals surface area contributed by atoms with Gasteiger partial charge in [-0.25, -0.2) is 4.79 Å². The average Bonchev–Trinajstić information content (AvgIpc) is 2.90.